The van der Waals surface area contributed by atoms with E-state index in [2.05, 4.69) is 5.32 Å². The third-order valence-corrected chi connectivity index (χ3v) is 11.0. The lowest BCUT2D eigenvalue weighted by Crippen LogP contribution is -2.49. The second kappa shape index (κ2) is 17.1. The van der Waals surface area contributed by atoms with Crippen molar-refractivity contribution in [3.05, 3.63) is 88.5 Å². The number of amides is 3. The Hall–Kier alpha value is -5.38. The van der Waals surface area contributed by atoms with Crippen LogP contribution >= 0.6 is 12.2 Å². The van der Waals surface area contributed by atoms with Gasteiger partial charge in [-0.25, -0.2) is 0 Å². The number of piperazine rings is 1. The van der Waals surface area contributed by atoms with Crippen LogP contribution in [0.1, 0.15) is 54.5 Å². The average Bonchev–Trinajstić information content (AvgIpc) is 3.34. The lowest BCUT2D eigenvalue weighted by atomic mass is 9.90. The molecule has 0 bridgehead atoms. The van der Waals surface area contributed by atoms with E-state index in [0.29, 0.717) is 58.1 Å². The van der Waals surface area contributed by atoms with Gasteiger partial charge in [-0.15, -0.1) is 0 Å². The monoisotopic (exact) mass is 842 g/mol. The molecule has 0 spiro atoms. The molecule has 3 aliphatic heterocycles. The van der Waals surface area contributed by atoms with Crippen LogP contribution in [0.15, 0.2) is 60.7 Å². The number of halogens is 6. The summed E-state index contributed by atoms with van der Waals surface area (Å²) in [4.78, 5) is 56.2. The first-order chi connectivity index (χ1) is 27.8. The third kappa shape index (κ3) is 9.75. The molecular formula is C41H40F6N6O5S. The highest BCUT2D eigenvalue weighted by Crippen LogP contribution is 2.43. The van der Waals surface area contributed by atoms with E-state index in [9.17, 15) is 50.8 Å². The van der Waals surface area contributed by atoms with Gasteiger partial charge in [-0.1, -0.05) is 24.3 Å². The second-order valence-electron chi connectivity index (χ2n) is 15.2. The number of benzene rings is 3. The van der Waals surface area contributed by atoms with Gasteiger partial charge in [0, 0.05) is 57.2 Å². The van der Waals surface area contributed by atoms with Crippen LogP contribution in [-0.2, 0) is 44.4 Å². The topological polar surface area (TPSA) is 126 Å². The lowest BCUT2D eigenvalue weighted by molar-refractivity contribution is -0.139. The highest BCUT2D eigenvalue weighted by atomic mass is 32.1. The molecule has 1 N–H and O–H groups in total. The Bertz CT molecular complexity index is 2200. The molecular weight excluding hydrogens is 803 g/mol. The summed E-state index contributed by atoms with van der Waals surface area (Å²) in [5.41, 5.74) is -3.39. The largest absolute Gasteiger partial charge is 0.492 e. The number of nitriles is 1. The Labute approximate surface area is 341 Å². The molecule has 3 fully saturated rings. The normalized spacial score (nSPS) is 19.2. The van der Waals surface area contributed by atoms with Gasteiger partial charge in [0.15, 0.2) is 10.9 Å². The van der Waals surface area contributed by atoms with Crippen LogP contribution in [0, 0.1) is 17.2 Å². The van der Waals surface area contributed by atoms with Crippen molar-refractivity contribution in [2.45, 2.75) is 57.4 Å². The number of carbonyl (C=O) groups is 4. The summed E-state index contributed by atoms with van der Waals surface area (Å²) in [5, 5.41) is 11.2. The molecule has 0 radical (unpaired) electrons. The van der Waals surface area contributed by atoms with Crippen molar-refractivity contribution in [3.63, 3.8) is 0 Å². The molecule has 59 heavy (non-hydrogen) atoms. The molecule has 1 atom stereocenters. The van der Waals surface area contributed by atoms with Crippen molar-refractivity contribution in [2.75, 3.05) is 55.7 Å². The van der Waals surface area contributed by atoms with Gasteiger partial charge in [-0.2, -0.15) is 31.6 Å². The molecule has 3 aromatic carbocycles. The van der Waals surface area contributed by atoms with Gasteiger partial charge in [-0.3, -0.25) is 39.2 Å². The van der Waals surface area contributed by atoms with Gasteiger partial charge in [0.25, 0.3) is 5.91 Å². The highest BCUT2D eigenvalue weighted by molar-refractivity contribution is 7.81. The number of Topliss-reactive ketones (excluding diaryl/α,β-unsaturated/α-hetero) is 1. The number of ketones is 1. The zero-order valence-electron chi connectivity index (χ0n) is 32.1. The third-order valence-electron chi connectivity index (χ3n) is 10.6. The number of thiocarbonyl (C=S) groups is 1. The molecule has 6 rings (SSSR count). The minimum atomic E-state index is -4.92. The fourth-order valence-corrected chi connectivity index (χ4v) is 8.06. The smallest absolute Gasteiger partial charge is 0.420 e. The Kier molecular flexibility index (Phi) is 12.5. The molecule has 18 heteroatoms. The SMILES string of the molecule is CC1(C)C(=O)N(c2ccc(C#N)c(C(F)(F)F)c2)C(=S)N1c1ccc(OCCN2CCN(CC(=O)Cc3cccc(CC4CCC(=O)NC4=O)c3)CC2)c(C(F)(F)F)c1. The second-order valence-corrected chi connectivity index (χ2v) is 15.6. The summed E-state index contributed by atoms with van der Waals surface area (Å²) in [6.07, 6.45) is -8.34. The lowest BCUT2D eigenvalue weighted by Gasteiger charge is -2.34. The maximum absolute atomic E-state index is 14.4. The minimum absolute atomic E-state index is 0.0167. The van der Waals surface area contributed by atoms with E-state index in [-0.39, 0.29) is 59.6 Å². The number of hydrogen-bond acceptors (Lipinski definition) is 9. The summed E-state index contributed by atoms with van der Waals surface area (Å²) in [6.45, 7) is 5.44. The van der Waals surface area contributed by atoms with E-state index in [1.54, 1.807) is 0 Å². The van der Waals surface area contributed by atoms with Crippen LogP contribution in [0.5, 0.6) is 5.75 Å². The number of rotatable bonds is 12. The van der Waals surface area contributed by atoms with Gasteiger partial charge in [0.1, 0.15) is 17.9 Å². The number of nitrogens with zero attached hydrogens (tertiary/aromatic N) is 5. The Balaban J connectivity index is 1.03. The number of hydrogen-bond donors (Lipinski definition) is 1. The van der Waals surface area contributed by atoms with Crippen LogP contribution < -0.4 is 19.9 Å². The van der Waals surface area contributed by atoms with Gasteiger partial charge < -0.3 is 9.64 Å². The van der Waals surface area contributed by atoms with Crippen LogP contribution in [0.4, 0.5) is 37.7 Å². The number of imide groups is 1. The number of anilines is 2. The quantitative estimate of drug-likeness (QED) is 0.134. The predicted octanol–water partition coefficient (Wildman–Crippen LogP) is 5.92. The standard InChI is InChI=1S/C41H40F6N6O5S/c1-39(2)37(57)52(29-8-6-28(23-48)32(21-29)40(42,43)44)38(59)53(39)30-9-10-34(33(22-30)41(45,46)47)58-17-16-50-12-14-51(15-13-50)24-31(54)20-26-5-3-4-25(18-26)19-27-7-11-35(55)49-36(27)56/h3-6,8-10,18,21-22,27H,7,11-17,19-20,24H2,1-2H3,(H,49,55,56). The molecule has 11 nitrogen and oxygen atoms in total. The number of ether oxygens (including phenoxy) is 1. The molecule has 3 aliphatic rings. The molecule has 1 unspecified atom stereocenters. The fraction of sp³-hybridized carbons (Fsp3) is 0.415. The maximum atomic E-state index is 14.4. The van der Waals surface area contributed by atoms with Gasteiger partial charge in [0.05, 0.1) is 35.0 Å². The van der Waals surface area contributed by atoms with Gasteiger partial charge in [0.2, 0.25) is 11.8 Å². The number of nitrogens with one attached hydrogen (secondary N) is 1. The van der Waals surface area contributed by atoms with Gasteiger partial charge in [-0.05, 0) is 86.4 Å². The summed E-state index contributed by atoms with van der Waals surface area (Å²) in [5.74, 6) is -2.08. The molecule has 3 saturated heterocycles. The zero-order valence-corrected chi connectivity index (χ0v) is 32.9. The summed E-state index contributed by atoms with van der Waals surface area (Å²) in [7, 11) is 0. The maximum Gasteiger partial charge on any atom is 0.420 e. The molecule has 3 heterocycles. The van der Waals surface area contributed by atoms with Crippen LogP contribution in [0.2, 0.25) is 0 Å². The molecule has 3 aromatic rings. The summed E-state index contributed by atoms with van der Waals surface area (Å²) >= 11 is 5.48. The summed E-state index contributed by atoms with van der Waals surface area (Å²) in [6, 6.07) is 14.8. The first kappa shape index (κ1) is 43.2. The van der Waals surface area contributed by atoms with Gasteiger partial charge >= 0.3 is 12.4 Å². The van der Waals surface area contributed by atoms with Crippen molar-refractivity contribution < 1.29 is 50.3 Å². The Morgan fingerprint density at radius 3 is 2.20 bits per heavy atom. The first-order valence-corrected chi connectivity index (χ1v) is 19.2. The molecule has 312 valence electrons. The molecule has 3 amide bonds. The number of piperidine rings is 1. The molecule has 0 aromatic heterocycles. The predicted molar refractivity (Wildman–Crippen MR) is 207 cm³/mol. The van der Waals surface area contributed by atoms with E-state index in [4.69, 9.17) is 17.0 Å². The van der Waals surface area contributed by atoms with Crippen molar-refractivity contribution in [3.8, 4) is 11.8 Å². The van der Waals surface area contributed by atoms with Crippen molar-refractivity contribution in [1.29, 1.82) is 5.26 Å². The fourth-order valence-electron chi connectivity index (χ4n) is 7.54. The van der Waals surface area contributed by atoms with Crippen LogP contribution in [-0.4, -0.2) is 89.8 Å². The van der Waals surface area contributed by atoms with E-state index in [0.717, 1.165) is 45.2 Å². The molecule has 0 saturated carbocycles. The average molecular weight is 843 g/mol. The van der Waals surface area contributed by atoms with Crippen molar-refractivity contribution >= 4 is 52.2 Å². The Morgan fingerprint density at radius 1 is 0.898 bits per heavy atom. The zero-order chi connectivity index (χ0) is 42.9. The van der Waals surface area contributed by atoms with Crippen LogP contribution in [0.25, 0.3) is 0 Å². The van der Waals surface area contributed by atoms with Crippen molar-refractivity contribution in [1.82, 2.24) is 15.1 Å². The van der Waals surface area contributed by atoms with E-state index in [1.807, 2.05) is 34.1 Å². The minimum Gasteiger partial charge on any atom is -0.492 e. The van der Waals surface area contributed by atoms with E-state index in [1.165, 1.54) is 26.0 Å². The Morgan fingerprint density at radius 2 is 1.54 bits per heavy atom. The number of carbonyl (C=O) groups excluding carboxylic acids is 4. The number of alkyl halides is 6. The van der Waals surface area contributed by atoms with E-state index >= 15 is 0 Å². The van der Waals surface area contributed by atoms with E-state index < -0.39 is 46.2 Å². The summed E-state index contributed by atoms with van der Waals surface area (Å²) < 4.78 is 90.2. The van der Waals surface area contributed by atoms with Crippen molar-refractivity contribution in [2.24, 2.45) is 5.92 Å². The van der Waals surface area contributed by atoms with Crippen LogP contribution in [0.3, 0.4) is 0 Å². The first-order valence-electron chi connectivity index (χ1n) is 18.8. The highest BCUT2D eigenvalue weighted by Gasteiger charge is 2.51. The molecule has 0 aliphatic carbocycles.